The van der Waals surface area contributed by atoms with Crippen molar-refractivity contribution in [1.82, 2.24) is 9.58 Å². The van der Waals surface area contributed by atoms with Gasteiger partial charge in [-0.1, -0.05) is 42.5 Å². The minimum absolute atomic E-state index is 0.00544. The molecule has 3 aliphatic heterocycles. The molecule has 2 bridgehead atoms. The molecule has 8 heteroatoms. The number of carbonyl (C=O) groups is 1. The monoisotopic (exact) mass is 473 g/mol. The third kappa shape index (κ3) is 3.28. The number of amides is 1. The zero-order valence-electron chi connectivity index (χ0n) is 18.4. The van der Waals surface area contributed by atoms with Crippen molar-refractivity contribution in [3.8, 4) is 11.5 Å². The molecular weight excluding hydrogens is 450 g/mol. The lowest BCUT2D eigenvalue weighted by Gasteiger charge is -2.44. The molecule has 1 aromatic heterocycles. The lowest BCUT2D eigenvalue weighted by Crippen LogP contribution is -2.55. The van der Waals surface area contributed by atoms with Gasteiger partial charge in [0.1, 0.15) is 25.1 Å². The third-order valence-corrected chi connectivity index (χ3v) is 7.67. The Bertz CT molecular complexity index is 1380. The fraction of sp³-hybridized carbons (Fsp3) is 0.231. The van der Waals surface area contributed by atoms with Gasteiger partial charge in [-0.3, -0.25) is 19.3 Å². The number of carbonyl (C=O) groups excluding carboxylic acids is 1. The number of pyridine rings is 1. The molecule has 172 valence electrons. The second-order valence-electron chi connectivity index (χ2n) is 8.50. The van der Waals surface area contributed by atoms with Gasteiger partial charge in [-0.05, 0) is 29.7 Å². The minimum atomic E-state index is -0.566. The van der Waals surface area contributed by atoms with E-state index in [-0.39, 0.29) is 17.6 Å². The third-order valence-electron chi connectivity index (χ3n) is 6.53. The van der Waals surface area contributed by atoms with Gasteiger partial charge >= 0.3 is 0 Å². The Hall–Kier alpha value is -3.65. The maximum Gasteiger partial charge on any atom is 0.277 e. The second-order valence-corrected chi connectivity index (χ2v) is 9.52. The van der Waals surface area contributed by atoms with E-state index in [1.165, 1.54) is 6.07 Å². The molecule has 6 rings (SSSR count). The average Bonchev–Trinajstić information content (AvgIpc) is 3.01. The highest BCUT2D eigenvalue weighted by atomic mass is 32.2. The molecule has 1 atom stereocenters. The van der Waals surface area contributed by atoms with Crippen LogP contribution in [-0.4, -0.2) is 40.4 Å². The van der Waals surface area contributed by atoms with Crippen LogP contribution in [0.4, 0.5) is 0 Å². The van der Waals surface area contributed by atoms with Gasteiger partial charge in [-0.25, -0.2) is 0 Å². The maximum atomic E-state index is 13.4. The molecule has 1 amide bonds. The summed E-state index contributed by atoms with van der Waals surface area (Å²) in [5.41, 5.74) is 2.71. The minimum Gasteiger partial charge on any atom is -0.502 e. The van der Waals surface area contributed by atoms with Gasteiger partial charge in [-0.15, -0.1) is 11.8 Å². The predicted octanol–water partition coefficient (Wildman–Crippen LogP) is 3.64. The predicted molar refractivity (Wildman–Crippen MR) is 130 cm³/mol. The molecule has 0 saturated carbocycles. The van der Waals surface area contributed by atoms with Gasteiger partial charge in [-0.2, -0.15) is 0 Å². The molecule has 0 spiro atoms. The summed E-state index contributed by atoms with van der Waals surface area (Å²) >= 11 is 1.77. The Morgan fingerprint density at radius 1 is 1.03 bits per heavy atom. The van der Waals surface area contributed by atoms with E-state index in [9.17, 15) is 14.7 Å². The van der Waals surface area contributed by atoms with Gasteiger partial charge in [0.15, 0.2) is 11.4 Å². The molecule has 1 unspecified atom stereocenters. The summed E-state index contributed by atoms with van der Waals surface area (Å²) < 4.78 is 7.90. The number of ether oxygens (including phenoxy) is 1. The van der Waals surface area contributed by atoms with Crippen LogP contribution in [0.15, 0.2) is 76.6 Å². The van der Waals surface area contributed by atoms with E-state index in [0.717, 1.165) is 33.1 Å². The van der Waals surface area contributed by atoms with Gasteiger partial charge < -0.3 is 14.7 Å². The van der Waals surface area contributed by atoms with Gasteiger partial charge in [0.2, 0.25) is 5.43 Å². The number of rotatable bonds is 0. The van der Waals surface area contributed by atoms with Crippen LogP contribution in [0.5, 0.6) is 11.5 Å². The molecule has 3 aromatic rings. The van der Waals surface area contributed by atoms with Crippen LogP contribution in [0.1, 0.15) is 39.6 Å². The fourth-order valence-electron chi connectivity index (χ4n) is 4.93. The molecule has 2 aromatic carbocycles. The van der Waals surface area contributed by atoms with Crippen molar-refractivity contribution in [3.63, 3.8) is 0 Å². The number of nitrogens with zero attached hydrogens (tertiary/aromatic N) is 3. The number of hydrogen-bond donors (Lipinski definition) is 1. The molecule has 3 aliphatic rings. The number of aromatic nitrogens is 1. The van der Waals surface area contributed by atoms with Crippen LogP contribution >= 0.6 is 11.8 Å². The van der Waals surface area contributed by atoms with E-state index in [1.54, 1.807) is 27.5 Å². The Labute approximate surface area is 200 Å². The van der Waals surface area contributed by atoms with Crippen molar-refractivity contribution in [2.75, 3.05) is 24.8 Å². The largest absolute Gasteiger partial charge is 0.502 e. The number of thioether (sulfide) groups is 1. The van der Waals surface area contributed by atoms with Crippen LogP contribution in [0.3, 0.4) is 0 Å². The Morgan fingerprint density at radius 2 is 1.91 bits per heavy atom. The van der Waals surface area contributed by atoms with E-state index in [2.05, 4.69) is 23.2 Å². The van der Waals surface area contributed by atoms with Crippen LogP contribution in [0, 0.1) is 0 Å². The fourth-order valence-corrected chi connectivity index (χ4v) is 6.01. The van der Waals surface area contributed by atoms with Crippen LogP contribution in [0.2, 0.25) is 0 Å². The normalized spacial score (nSPS) is 19.1. The summed E-state index contributed by atoms with van der Waals surface area (Å²) in [6.07, 6.45) is 6.19. The molecule has 34 heavy (non-hydrogen) atoms. The van der Waals surface area contributed by atoms with E-state index >= 15 is 0 Å². The van der Waals surface area contributed by atoms with Crippen molar-refractivity contribution in [3.05, 3.63) is 99.5 Å². The SMILES string of the molecule is O=C1c2c(O)c(=O)ccn2N2CN1CCC=CCOc1cccc3c1C2c1ccccc1SC3. The summed E-state index contributed by atoms with van der Waals surface area (Å²) in [5, 5.41) is 12.7. The van der Waals surface area contributed by atoms with Crippen molar-refractivity contribution < 1.29 is 14.6 Å². The zero-order valence-corrected chi connectivity index (χ0v) is 19.2. The summed E-state index contributed by atoms with van der Waals surface area (Å²) in [7, 11) is 0. The van der Waals surface area contributed by atoms with E-state index in [4.69, 9.17) is 4.74 Å². The summed E-state index contributed by atoms with van der Waals surface area (Å²) in [5.74, 6) is 0.707. The summed E-state index contributed by atoms with van der Waals surface area (Å²) in [4.78, 5) is 28.5. The zero-order chi connectivity index (χ0) is 23.2. The molecule has 4 heterocycles. The molecular formula is C26H23N3O4S. The molecule has 7 nitrogen and oxygen atoms in total. The van der Waals surface area contributed by atoms with Crippen molar-refractivity contribution in [2.45, 2.75) is 23.1 Å². The summed E-state index contributed by atoms with van der Waals surface area (Å²) in [6, 6.07) is 15.4. The van der Waals surface area contributed by atoms with Crippen LogP contribution < -0.4 is 15.2 Å². The van der Waals surface area contributed by atoms with Gasteiger partial charge in [0.25, 0.3) is 5.91 Å². The first kappa shape index (κ1) is 20.9. The molecule has 1 N–H and O–H groups in total. The van der Waals surface area contributed by atoms with Crippen molar-refractivity contribution in [2.24, 2.45) is 0 Å². The Balaban J connectivity index is 1.67. The first-order valence-corrected chi connectivity index (χ1v) is 12.2. The number of benzene rings is 2. The smallest absolute Gasteiger partial charge is 0.277 e. The lowest BCUT2D eigenvalue weighted by atomic mass is 9.93. The van der Waals surface area contributed by atoms with E-state index in [0.29, 0.717) is 26.2 Å². The molecule has 0 saturated heterocycles. The highest BCUT2D eigenvalue weighted by molar-refractivity contribution is 7.98. The number of hydrogen-bond acceptors (Lipinski definition) is 6. The Kier molecular flexibility index (Phi) is 5.10. The molecule has 0 fully saturated rings. The van der Waals surface area contributed by atoms with E-state index in [1.807, 2.05) is 36.4 Å². The second kappa shape index (κ2) is 8.29. The molecule has 0 radical (unpaired) electrons. The van der Waals surface area contributed by atoms with Gasteiger partial charge in [0, 0.05) is 35.0 Å². The highest BCUT2D eigenvalue weighted by Gasteiger charge is 2.39. The average molecular weight is 474 g/mol. The first-order chi connectivity index (χ1) is 16.6. The lowest BCUT2D eigenvalue weighted by molar-refractivity contribution is 0.0682. The summed E-state index contributed by atoms with van der Waals surface area (Å²) in [6.45, 7) is 1.21. The standard InChI is InChI=1S/C26H23N3O4S/c30-19-11-13-28-24(25(19)31)26(32)27-12-4-1-5-14-33-20-9-6-7-17-15-34-21-10-3-2-8-18(21)23(22(17)20)29(28)16-27/h1-3,5-11,13,23,31H,4,12,14-16H2. The van der Waals surface area contributed by atoms with E-state index < -0.39 is 11.2 Å². The first-order valence-electron chi connectivity index (χ1n) is 11.3. The topological polar surface area (TPSA) is 75.0 Å². The molecule has 0 aliphatic carbocycles. The van der Waals surface area contributed by atoms with Crippen LogP contribution in [-0.2, 0) is 5.75 Å². The number of aromatic hydroxyl groups is 1. The van der Waals surface area contributed by atoms with Crippen molar-refractivity contribution >= 4 is 17.7 Å². The van der Waals surface area contributed by atoms with Crippen molar-refractivity contribution in [1.29, 1.82) is 0 Å². The maximum absolute atomic E-state index is 13.4. The Morgan fingerprint density at radius 3 is 2.82 bits per heavy atom. The number of fused-ring (bicyclic) bond motifs is 7. The van der Waals surface area contributed by atoms with Crippen LogP contribution in [0.25, 0.3) is 0 Å². The van der Waals surface area contributed by atoms with Gasteiger partial charge in [0.05, 0.1) is 0 Å². The quantitative estimate of drug-likeness (QED) is 0.503. The highest BCUT2D eigenvalue weighted by Crippen LogP contribution is 2.46.